The smallest absolute Gasteiger partial charge is 0.282 e. The lowest BCUT2D eigenvalue weighted by atomic mass is 10.1. The van der Waals surface area contributed by atoms with Gasteiger partial charge in [0.2, 0.25) is 0 Å². The van der Waals surface area contributed by atoms with Crippen LogP contribution in [0.2, 0.25) is 5.02 Å². The summed E-state index contributed by atoms with van der Waals surface area (Å²) in [5, 5.41) is 5.49. The van der Waals surface area contributed by atoms with Crippen LogP contribution < -0.4 is 19.7 Å². The summed E-state index contributed by atoms with van der Waals surface area (Å²) < 4.78 is 10.7. The van der Waals surface area contributed by atoms with Crippen molar-refractivity contribution >= 4 is 51.7 Å². The molecule has 0 aliphatic carbocycles. The van der Waals surface area contributed by atoms with Crippen LogP contribution in [0.1, 0.15) is 4.88 Å². The van der Waals surface area contributed by atoms with Crippen molar-refractivity contribution in [1.29, 1.82) is 0 Å². The molecule has 1 aliphatic rings. The Kier molecular flexibility index (Phi) is 5.48. The molecule has 0 bridgehead atoms. The number of amides is 2. The average molecular weight is 441 g/mol. The van der Waals surface area contributed by atoms with Crippen molar-refractivity contribution in [3.05, 3.63) is 75.6 Å². The van der Waals surface area contributed by atoms with Crippen molar-refractivity contribution in [3.63, 3.8) is 0 Å². The van der Waals surface area contributed by atoms with E-state index in [0.717, 1.165) is 4.90 Å². The van der Waals surface area contributed by atoms with E-state index in [9.17, 15) is 9.59 Å². The summed E-state index contributed by atoms with van der Waals surface area (Å²) in [5.41, 5.74) is 1.48. The number of ether oxygens (including phenoxy) is 2. The number of methoxy groups -OCH3 is 2. The van der Waals surface area contributed by atoms with Crippen LogP contribution in [0.15, 0.2) is 65.7 Å². The largest absolute Gasteiger partial charge is 0.497 e. The van der Waals surface area contributed by atoms with Gasteiger partial charge in [0.25, 0.3) is 11.8 Å². The monoisotopic (exact) mass is 440 g/mol. The van der Waals surface area contributed by atoms with E-state index in [1.807, 2.05) is 17.5 Å². The van der Waals surface area contributed by atoms with Crippen LogP contribution in [0.5, 0.6) is 11.5 Å². The topological polar surface area (TPSA) is 67.9 Å². The van der Waals surface area contributed by atoms with E-state index in [1.54, 1.807) is 49.6 Å². The molecule has 8 heteroatoms. The maximum absolute atomic E-state index is 13.3. The quantitative estimate of drug-likeness (QED) is 0.557. The maximum atomic E-state index is 13.3. The molecule has 0 saturated heterocycles. The zero-order valence-electron chi connectivity index (χ0n) is 16.1. The van der Waals surface area contributed by atoms with Gasteiger partial charge < -0.3 is 14.8 Å². The van der Waals surface area contributed by atoms with Crippen LogP contribution in [0.3, 0.4) is 0 Å². The highest BCUT2D eigenvalue weighted by Gasteiger charge is 2.41. The first kappa shape index (κ1) is 20.0. The Balaban J connectivity index is 1.79. The number of nitrogens with zero attached hydrogens (tertiary/aromatic N) is 1. The van der Waals surface area contributed by atoms with E-state index in [1.165, 1.54) is 18.4 Å². The van der Waals surface area contributed by atoms with E-state index in [0.29, 0.717) is 38.3 Å². The highest BCUT2D eigenvalue weighted by molar-refractivity contribution is 7.11. The number of imide groups is 1. The summed E-state index contributed by atoms with van der Waals surface area (Å²) in [6.45, 7) is 0. The van der Waals surface area contributed by atoms with E-state index in [4.69, 9.17) is 21.1 Å². The van der Waals surface area contributed by atoms with Crippen molar-refractivity contribution < 1.29 is 19.1 Å². The molecule has 4 rings (SSSR count). The Morgan fingerprint density at radius 3 is 2.37 bits per heavy atom. The van der Waals surface area contributed by atoms with E-state index in [2.05, 4.69) is 5.32 Å². The second-order valence-corrected chi connectivity index (χ2v) is 7.72. The minimum absolute atomic E-state index is 0.181. The van der Waals surface area contributed by atoms with Crippen molar-refractivity contribution in [2.75, 3.05) is 24.4 Å². The minimum atomic E-state index is -0.455. The Morgan fingerprint density at radius 1 is 0.967 bits per heavy atom. The van der Waals surface area contributed by atoms with Gasteiger partial charge in [0, 0.05) is 16.0 Å². The van der Waals surface area contributed by atoms with Crippen LogP contribution in [0, 0.1) is 0 Å². The number of carbonyl (C=O) groups is 2. The summed E-state index contributed by atoms with van der Waals surface area (Å²) in [6, 6.07) is 15.4. The van der Waals surface area contributed by atoms with Gasteiger partial charge in [-0.05, 0) is 47.8 Å². The molecule has 0 atom stereocenters. The predicted molar refractivity (Wildman–Crippen MR) is 118 cm³/mol. The first-order valence-electron chi connectivity index (χ1n) is 8.95. The van der Waals surface area contributed by atoms with Gasteiger partial charge in [-0.25, -0.2) is 4.90 Å². The molecule has 0 radical (unpaired) electrons. The molecule has 0 fully saturated rings. The fourth-order valence-corrected chi connectivity index (χ4v) is 4.05. The highest BCUT2D eigenvalue weighted by Crippen LogP contribution is 2.38. The molecule has 2 amide bonds. The number of anilines is 2. The normalized spacial score (nSPS) is 13.8. The average Bonchev–Trinajstić information content (AvgIpc) is 3.36. The third-order valence-electron chi connectivity index (χ3n) is 4.60. The zero-order valence-corrected chi connectivity index (χ0v) is 17.7. The van der Waals surface area contributed by atoms with Crippen molar-refractivity contribution in [2.45, 2.75) is 0 Å². The Bertz CT molecular complexity index is 1140. The number of halogens is 1. The number of carbonyl (C=O) groups excluding carboxylic acids is 2. The molecular weight excluding hydrogens is 424 g/mol. The first-order valence-corrected chi connectivity index (χ1v) is 10.2. The van der Waals surface area contributed by atoms with Gasteiger partial charge in [-0.2, -0.15) is 0 Å². The number of thiophene rings is 1. The summed E-state index contributed by atoms with van der Waals surface area (Å²) in [5.74, 6) is 0.238. The molecular formula is C22H17ClN2O4S. The summed E-state index contributed by atoms with van der Waals surface area (Å²) in [6.07, 6.45) is 0. The second-order valence-electron chi connectivity index (χ2n) is 6.34. The number of hydrogen-bond donors (Lipinski definition) is 1. The molecule has 152 valence electrons. The van der Waals surface area contributed by atoms with Crippen molar-refractivity contribution in [2.24, 2.45) is 0 Å². The van der Waals surface area contributed by atoms with Gasteiger partial charge in [-0.15, -0.1) is 11.3 Å². The van der Waals surface area contributed by atoms with Crippen LogP contribution >= 0.6 is 22.9 Å². The molecule has 0 unspecified atom stereocenters. The lowest BCUT2D eigenvalue weighted by molar-refractivity contribution is -0.120. The van der Waals surface area contributed by atoms with Gasteiger partial charge in [-0.3, -0.25) is 9.59 Å². The van der Waals surface area contributed by atoms with Crippen molar-refractivity contribution in [1.82, 2.24) is 0 Å². The number of rotatable bonds is 6. The van der Waals surface area contributed by atoms with E-state index in [-0.39, 0.29) is 5.70 Å². The molecule has 30 heavy (non-hydrogen) atoms. The molecule has 2 heterocycles. The zero-order chi connectivity index (χ0) is 21.3. The first-order chi connectivity index (χ1) is 14.5. The molecule has 3 aromatic rings. The number of benzene rings is 2. The fraction of sp³-hybridized carbons (Fsp3) is 0.0909. The van der Waals surface area contributed by atoms with Gasteiger partial charge >= 0.3 is 0 Å². The molecule has 2 aromatic carbocycles. The standard InChI is InChI=1S/C22H17ClN2O4S/c1-28-15-9-10-16(17(12-15)29-2)24-20-19(18-4-3-11-30-18)21(26)25(22(20)27)14-7-5-13(23)6-8-14/h3-12,24H,1-2H3. The Morgan fingerprint density at radius 2 is 1.73 bits per heavy atom. The van der Waals surface area contributed by atoms with Crippen LogP contribution in [0.25, 0.3) is 5.57 Å². The molecule has 0 spiro atoms. The Hall–Kier alpha value is -3.29. The van der Waals surface area contributed by atoms with E-state index >= 15 is 0 Å². The van der Waals surface area contributed by atoms with Crippen LogP contribution in [-0.2, 0) is 9.59 Å². The van der Waals surface area contributed by atoms with Gasteiger partial charge in [0.1, 0.15) is 17.2 Å². The maximum Gasteiger partial charge on any atom is 0.282 e. The summed E-state index contributed by atoms with van der Waals surface area (Å²) in [7, 11) is 3.08. The summed E-state index contributed by atoms with van der Waals surface area (Å²) in [4.78, 5) is 28.4. The van der Waals surface area contributed by atoms with Gasteiger partial charge in [0.15, 0.2) is 0 Å². The number of hydrogen-bond acceptors (Lipinski definition) is 6. The third kappa shape index (κ3) is 3.53. The lowest BCUT2D eigenvalue weighted by Crippen LogP contribution is -2.32. The third-order valence-corrected chi connectivity index (χ3v) is 5.74. The summed E-state index contributed by atoms with van der Waals surface area (Å²) >= 11 is 7.35. The van der Waals surface area contributed by atoms with Gasteiger partial charge in [-0.1, -0.05) is 17.7 Å². The van der Waals surface area contributed by atoms with Crippen LogP contribution in [-0.4, -0.2) is 26.0 Å². The molecule has 1 aliphatic heterocycles. The minimum Gasteiger partial charge on any atom is -0.497 e. The fourth-order valence-electron chi connectivity index (χ4n) is 3.16. The number of nitrogens with one attached hydrogen (secondary N) is 1. The molecule has 1 N–H and O–H groups in total. The second kappa shape index (κ2) is 8.22. The SMILES string of the molecule is COc1ccc(NC2=C(c3cccs3)C(=O)N(c3ccc(Cl)cc3)C2=O)c(OC)c1. The lowest BCUT2D eigenvalue weighted by Gasteiger charge is -2.16. The molecule has 0 saturated carbocycles. The predicted octanol–water partition coefficient (Wildman–Crippen LogP) is 4.82. The van der Waals surface area contributed by atoms with Crippen molar-refractivity contribution in [3.8, 4) is 11.5 Å². The Labute approximate surface area is 182 Å². The van der Waals surface area contributed by atoms with E-state index < -0.39 is 11.8 Å². The molecule has 1 aromatic heterocycles. The highest BCUT2D eigenvalue weighted by atomic mass is 35.5. The van der Waals surface area contributed by atoms with Gasteiger partial charge in [0.05, 0.1) is 31.2 Å². The molecule has 6 nitrogen and oxygen atoms in total. The van der Waals surface area contributed by atoms with Crippen LogP contribution in [0.4, 0.5) is 11.4 Å².